The van der Waals surface area contributed by atoms with Crippen molar-refractivity contribution >= 4 is 22.6 Å². The molecule has 2 aromatic heterocycles. The second-order valence-electron chi connectivity index (χ2n) is 5.56. The Balaban J connectivity index is 1.70. The summed E-state index contributed by atoms with van der Waals surface area (Å²) in [6.07, 6.45) is 3.97. The van der Waals surface area contributed by atoms with Crippen LogP contribution < -0.4 is 0 Å². The Bertz CT molecular complexity index is 1040. The van der Waals surface area contributed by atoms with E-state index < -0.39 is 0 Å². The lowest BCUT2D eigenvalue weighted by Crippen LogP contribution is -1.84. The average Bonchev–Trinajstić information content (AvgIpc) is 3.23. The van der Waals surface area contributed by atoms with Crippen LogP contribution in [0.4, 0.5) is 0 Å². The van der Waals surface area contributed by atoms with Crippen LogP contribution in [0.2, 0.25) is 0 Å². The van der Waals surface area contributed by atoms with Gasteiger partial charge in [0.25, 0.3) is 5.89 Å². The number of H-pyrrole nitrogens is 1. The molecule has 2 heterocycles. The summed E-state index contributed by atoms with van der Waals surface area (Å²) >= 11 is 0. The van der Waals surface area contributed by atoms with E-state index in [-0.39, 0.29) is 5.75 Å². The first kappa shape index (κ1) is 14.3. The van der Waals surface area contributed by atoms with Crippen molar-refractivity contribution in [3.63, 3.8) is 0 Å². The number of phenols is 1. The van der Waals surface area contributed by atoms with Crippen molar-refractivity contribution in [2.75, 3.05) is 0 Å². The Hall–Kier alpha value is -3.34. The summed E-state index contributed by atoms with van der Waals surface area (Å²) in [7, 11) is 0. The molecule has 0 saturated carbocycles. The van der Waals surface area contributed by atoms with Crippen molar-refractivity contribution in [3.8, 4) is 17.2 Å². The maximum absolute atomic E-state index is 9.89. The van der Waals surface area contributed by atoms with Crippen molar-refractivity contribution in [2.24, 2.45) is 0 Å². The molecule has 5 heteroatoms. The molecule has 0 spiro atoms. The van der Waals surface area contributed by atoms with E-state index in [2.05, 4.69) is 21.2 Å². The van der Waals surface area contributed by atoms with Gasteiger partial charge in [-0.15, -0.1) is 0 Å². The predicted molar refractivity (Wildman–Crippen MR) is 93.2 cm³/mol. The Labute approximate surface area is 138 Å². The van der Waals surface area contributed by atoms with E-state index >= 15 is 0 Å². The molecule has 0 aliphatic rings. The summed E-state index contributed by atoms with van der Waals surface area (Å²) in [5, 5.41) is 15.0. The lowest BCUT2D eigenvalue weighted by molar-refractivity contribution is 0.422. The first-order chi connectivity index (χ1) is 11.7. The fourth-order valence-corrected chi connectivity index (χ4v) is 2.66. The molecule has 0 fully saturated rings. The maximum Gasteiger partial charge on any atom is 0.261 e. The topological polar surface area (TPSA) is 74.9 Å². The van der Waals surface area contributed by atoms with E-state index in [1.807, 2.05) is 43.5 Å². The summed E-state index contributed by atoms with van der Waals surface area (Å²) in [5.74, 6) is 0.916. The maximum atomic E-state index is 9.89. The number of hydrogen-bond donors (Lipinski definition) is 2. The van der Waals surface area contributed by atoms with E-state index in [0.717, 1.165) is 22.0 Å². The van der Waals surface area contributed by atoms with E-state index in [4.69, 9.17) is 4.52 Å². The molecule has 24 heavy (non-hydrogen) atoms. The molecule has 0 bridgehead atoms. The number of aromatic hydroxyl groups is 1. The minimum absolute atomic E-state index is 0.117. The van der Waals surface area contributed by atoms with Gasteiger partial charge in [0, 0.05) is 22.7 Å². The number of hydrogen-bond acceptors (Lipinski definition) is 4. The lowest BCUT2D eigenvalue weighted by atomic mass is 10.1. The third-order valence-corrected chi connectivity index (χ3v) is 3.91. The predicted octanol–water partition coefficient (Wildman–Crippen LogP) is 4.48. The van der Waals surface area contributed by atoms with Crippen LogP contribution in [0.15, 0.2) is 59.3 Å². The van der Waals surface area contributed by atoms with Crippen LogP contribution >= 0.6 is 0 Å². The summed E-state index contributed by atoms with van der Waals surface area (Å²) in [6.45, 7) is 1.93. The van der Waals surface area contributed by atoms with Gasteiger partial charge < -0.3 is 14.6 Å². The molecule has 0 aliphatic carbocycles. The number of fused-ring (bicyclic) bond motifs is 1. The number of phenolic OH excluding ortho intramolecular Hbond substituents is 1. The van der Waals surface area contributed by atoms with E-state index in [9.17, 15) is 5.11 Å². The van der Waals surface area contributed by atoms with Gasteiger partial charge in [0.05, 0.1) is 5.56 Å². The molecule has 2 aromatic carbocycles. The number of nitrogens with one attached hydrogen (secondary N) is 1. The minimum Gasteiger partial charge on any atom is -0.507 e. The zero-order valence-corrected chi connectivity index (χ0v) is 13.0. The van der Waals surface area contributed by atoms with Gasteiger partial charge in [0.1, 0.15) is 5.75 Å². The summed E-state index contributed by atoms with van der Waals surface area (Å²) < 4.78 is 5.29. The smallest absolute Gasteiger partial charge is 0.261 e. The molecular formula is C19H15N3O2. The fourth-order valence-electron chi connectivity index (χ4n) is 2.66. The number of rotatable bonds is 3. The number of para-hydroxylation sites is 2. The van der Waals surface area contributed by atoms with Crippen molar-refractivity contribution in [1.29, 1.82) is 0 Å². The molecule has 5 nitrogen and oxygen atoms in total. The SMILES string of the molecule is CC(=Cc1c[nH]c2ccccc12)c1noc(-c2ccccc2O)n1. The highest BCUT2D eigenvalue weighted by molar-refractivity contribution is 5.93. The normalized spacial score (nSPS) is 12.0. The van der Waals surface area contributed by atoms with Gasteiger partial charge in [-0.05, 0) is 36.8 Å². The number of benzene rings is 2. The molecule has 0 unspecified atom stereocenters. The Kier molecular flexibility index (Phi) is 3.39. The van der Waals surface area contributed by atoms with Crippen LogP contribution in [-0.4, -0.2) is 20.2 Å². The first-order valence-electron chi connectivity index (χ1n) is 7.59. The van der Waals surface area contributed by atoms with Crippen LogP contribution in [-0.2, 0) is 0 Å². The van der Waals surface area contributed by atoms with Crippen LogP contribution in [0, 0.1) is 0 Å². The number of aromatic nitrogens is 3. The number of aromatic amines is 1. The average molecular weight is 317 g/mol. The van der Waals surface area contributed by atoms with E-state index in [1.54, 1.807) is 18.2 Å². The molecule has 0 atom stereocenters. The molecule has 4 rings (SSSR count). The molecule has 0 radical (unpaired) electrons. The molecule has 0 aliphatic heterocycles. The van der Waals surface area contributed by atoms with Crippen LogP contribution in [0.1, 0.15) is 18.3 Å². The van der Waals surface area contributed by atoms with Crippen molar-refractivity contribution in [2.45, 2.75) is 6.92 Å². The highest BCUT2D eigenvalue weighted by Gasteiger charge is 2.13. The third-order valence-electron chi connectivity index (χ3n) is 3.91. The summed E-state index contributed by atoms with van der Waals surface area (Å²) in [4.78, 5) is 7.63. The van der Waals surface area contributed by atoms with Gasteiger partial charge in [0.2, 0.25) is 0 Å². The molecule has 118 valence electrons. The second kappa shape index (κ2) is 5.70. The zero-order chi connectivity index (χ0) is 16.5. The summed E-state index contributed by atoms with van der Waals surface area (Å²) in [6, 6.07) is 15.0. The largest absolute Gasteiger partial charge is 0.507 e. The Morgan fingerprint density at radius 2 is 1.92 bits per heavy atom. The van der Waals surface area contributed by atoms with E-state index in [1.165, 1.54) is 0 Å². The fraction of sp³-hybridized carbons (Fsp3) is 0.0526. The zero-order valence-electron chi connectivity index (χ0n) is 13.0. The molecule has 0 amide bonds. The van der Waals surface area contributed by atoms with Gasteiger partial charge >= 0.3 is 0 Å². The molecule has 4 aromatic rings. The quantitative estimate of drug-likeness (QED) is 0.584. The second-order valence-corrected chi connectivity index (χ2v) is 5.56. The number of allylic oxidation sites excluding steroid dienone is 1. The van der Waals surface area contributed by atoms with Crippen molar-refractivity contribution in [1.82, 2.24) is 15.1 Å². The third kappa shape index (κ3) is 2.46. The van der Waals surface area contributed by atoms with Crippen molar-refractivity contribution < 1.29 is 9.63 Å². The van der Waals surface area contributed by atoms with Gasteiger partial charge in [-0.3, -0.25) is 0 Å². The lowest BCUT2D eigenvalue weighted by Gasteiger charge is -1.97. The van der Waals surface area contributed by atoms with Gasteiger partial charge in [0.15, 0.2) is 5.82 Å². The van der Waals surface area contributed by atoms with Gasteiger partial charge in [-0.2, -0.15) is 4.98 Å². The Morgan fingerprint density at radius 1 is 1.12 bits per heavy atom. The van der Waals surface area contributed by atoms with Gasteiger partial charge in [-0.25, -0.2) is 0 Å². The minimum atomic E-state index is 0.117. The molecular weight excluding hydrogens is 302 g/mol. The monoisotopic (exact) mass is 317 g/mol. The molecule has 2 N–H and O–H groups in total. The number of nitrogens with zero attached hydrogens (tertiary/aromatic N) is 2. The van der Waals surface area contributed by atoms with Crippen LogP contribution in [0.25, 0.3) is 34.0 Å². The first-order valence-corrected chi connectivity index (χ1v) is 7.59. The van der Waals surface area contributed by atoms with Crippen molar-refractivity contribution in [3.05, 3.63) is 66.1 Å². The highest BCUT2D eigenvalue weighted by atomic mass is 16.5. The van der Waals surface area contributed by atoms with Crippen LogP contribution in [0.3, 0.4) is 0 Å². The van der Waals surface area contributed by atoms with Crippen LogP contribution in [0.5, 0.6) is 5.75 Å². The van der Waals surface area contributed by atoms with E-state index in [0.29, 0.717) is 17.3 Å². The highest BCUT2D eigenvalue weighted by Crippen LogP contribution is 2.29. The standard InChI is InChI=1S/C19H15N3O2/c1-12(10-13-11-20-16-8-4-2-6-14(13)16)18-21-19(24-22-18)15-7-3-5-9-17(15)23/h2-11,20,23H,1H3. The molecule has 0 saturated heterocycles. The van der Waals surface area contributed by atoms with Gasteiger partial charge in [-0.1, -0.05) is 35.5 Å². The Morgan fingerprint density at radius 3 is 2.79 bits per heavy atom. The summed E-state index contributed by atoms with van der Waals surface area (Å²) in [5.41, 5.74) is 3.55.